The summed E-state index contributed by atoms with van der Waals surface area (Å²) in [5.41, 5.74) is 0.967. The molecule has 2 aromatic rings. The summed E-state index contributed by atoms with van der Waals surface area (Å²) in [5, 5.41) is 6.06. The zero-order chi connectivity index (χ0) is 16.9. The van der Waals surface area contributed by atoms with Crippen molar-refractivity contribution in [3.05, 3.63) is 42.2 Å². The third kappa shape index (κ3) is 4.40. The molecule has 1 aromatic carbocycles. The number of carbonyl (C=O) groups excluding carboxylic acids is 1. The van der Waals surface area contributed by atoms with Crippen LogP contribution in [-0.2, 0) is 14.8 Å². The predicted octanol–water partition coefficient (Wildman–Crippen LogP) is 2.02. The zero-order valence-corrected chi connectivity index (χ0v) is 13.8. The van der Waals surface area contributed by atoms with Crippen molar-refractivity contribution in [2.24, 2.45) is 0 Å². The highest BCUT2D eigenvalue weighted by atomic mass is 32.2. The predicted molar refractivity (Wildman–Crippen MR) is 85.4 cm³/mol. The number of nitrogens with zero attached hydrogens (tertiary/aromatic N) is 2. The van der Waals surface area contributed by atoms with Gasteiger partial charge in [0, 0.05) is 12.6 Å². The monoisotopic (exact) mass is 337 g/mol. The van der Waals surface area contributed by atoms with Gasteiger partial charge >= 0.3 is 0 Å². The van der Waals surface area contributed by atoms with E-state index < -0.39 is 15.9 Å². The van der Waals surface area contributed by atoms with Crippen molar-refractivity contribution in [1.82, 2.24) is 9.46 Å². The number of amides is 1. The quantitative estimate of drug-likeness (QED) is 0.834. The van der Waals surface area contributed by atoms with E-state index >= 15 is 0 Å². The van der Waals surface area contributed by atoms with Crippen LogP contribution in [0.25, 0.3) is 0 Å². The standard InChI is InChI=1S/C15H19N3O4S/c1-3-9-18(11-15(19)16-14-8-10-22-17-14)23(20,21)13-6-4-12(2)5-7-13/h4-8,10H,3,9,11H2,1-2H3,(H,16,17,19). The average molecular weight is 337 g/mol. The third-order valence-electron chi connectivity index (χ3n) is 3.16. The number of aromatic nitrogens is 1. The van der Waals surface area contributed by atoms with E-state index in [1.807, 2.05) is 13.8 Å². The minimum Gasteiger partial charge on any atom is -0.363 e. The largest absolute Gasteiger partial charge is 0.363 e. The Morgan fingerprint density at radius 3 is 2.52 bits per heavy atom. The van der Waals surface area contributed by atoms with Crippen LogP contribution in [-0.4, -0.2) is 36.9 Å². The molecule has 7 nitrogen and oxygen atoms in total. The Kier molecular flexibility index (Phi) is 5.51. The molecule has 0 atom stereocenters. The van der Waals surface area contributed by atoms with Crippen molar-refractivity contribution < 1.29 is 17.7 Å². The topological polar surface area (TPSA) is 92.5 Å². The summed E-state index contributed by atoms with van der Waals surface area (Å²) in [7, 11) is -3.73. The minimum atomic E-state index is -3.73. The molecule has 0 unspecified atom stereocenters. The van der Waals surface area contributed by atoms with Crippen molar-refractivity contribution in [3.8, 4) is 0 Å². The molecule has 0 aliphatic carbocycles. The van der Waals surface area contributed by atoms with Crippen LogP contribution in [0.3, 0.4) is 0 Å². The molecule has 1 heterocycles. The Labute approximate surface area is 135 Å². The molecule has 0 radical (unpaired) electrons. The summed E-state index contributed by atoms with van der Waals surface area (Å²) in [6, 6.07) is 8.03. The lowest BCUT2D eigenvalue weighted by molar-refractivity contribution is -0.116. The summed E-state index contributed by atoms with van der Waals surface area (Å²) in [6.07, 6.45) is 1.92. The Bertz CT molecular complexity index is 740. The van der Waals surface area contributed by atoms with Crippen LogP contribution in [0, 0.1) is 6.92 Å². The van der Waals surface area contributed by atoms with Gasteiger partial charge in [-0.3, -0.25) is 4.79 Å². The van der Waals surface area contributed by atoms with Crippen molar-refractivity contribution in [2.75, 3.05) is 18.4 Å². The van der Waals surface area contributed by atoms with Crippen molar-refractivity contribution in [1.29, 1.82) is 0 Å². The van der Waals surface area contributed by atoms with Gasteiger partial charge in [0.1, 0.15) is 6.26 Å². The molecule has 1 N–H and O–H groups in total. The summed E-state index contributed by atoms with van der Waals surface area (Å²) < 4.78 is 31.1. The maximum atomic E-state index is 12.7. The molecule has 23 heavy (non-hydrogen) atoms. The van der Waals surface area contributed by atoms with Gasteiger partial charge < -0.3 is 9.84 Å². The highest BCUT2D eigenvalue weighted by Crippen LogP contribution is 2.17. The summed E-state index contributed by atoms with van der Waals surface area (Å²) in [4.78, 5) is 12.2. The van der Waals surface area contributed by atoms with Crippen LogP contribution < -0.4 is 5.32 Å². The molecular weight excluding hydrogens is 318 g/mol. The minimum absolute atomic E-state index is 0.172. The smallest absolute Gasteiger partial charge is 0.243 e. The number of aryl methyl sites for hydroxylation is 1. The second-order valence-corrected chi connectivity index (χ2v) is 7.02. The SMILES string of the molecule is CCCN(CC(=O)Nc1ccon1)S(=O)(=O)c1ccc(C)cc1. The highest BCUT2D eigenvalue weighted by Gasteiger charge is 2.26. The molecule has 0 fully saturated rings. The molecule has 2 rings (SSSR count). The van der Waals surface area contributed by atoms with Gasteiger partial charge in [-0.15, -0.1) is 0 Å². The second-order valence-electron chi connectivity index (χ2n) is 5.08. The molecule has 1 aromatic heterocycles. The van der Waals surface area contributed by atoms with Crippen molar-refractivity contribution in [2.45, 2.75) is 25.2 Å². The Morgan fingerprint density at radius 1 is 1.26 bits per heavy atom. The fourth-order valence-electron chi connectivity index (χ4n) is 2.01. The number of anilines is 1. The highest BCUT2D eigenvalue weighted by molar-refractivity contribution is 7.89. The van der Waals surface area contributed by atoms with Crippen LogP contribution in [0.1, 0.15) is 18.9 Å². The number of benzene rings is 1. The lowest BCUT2D eigenvalue weighted by Crippen LogP contribution is -2.38. The van der Waals surface area contributed by atoms with Gasteiger partial charge in [-0.05, 0) is 25.5 Å². The van der Waals surface area contributed by atoms with E-state index in [9.17, 15) is 13.2 Å². The van der Waals surface area contributed by atoms with E-state index in [4.69, 9.17) is 0 Å². The second kappa shape index (κ2) is 7.38. The van der Waals surface area contributed by atoms with Gasteiger partial charge in [-0.2, -0.15) is 4.31 Å². The van der Waals surface area contributed by atoms with Gasteiger partial charge in [-0.25, -0.2) is 8.42 Å². The number of rotatable bonds is 7. The van der Waals surface area contributed by atoms with Gasteiger partial charge in [0.15, 0.2) is 5.82 Å². The van der Waals surface area contributed by atoms with Crippen molar-refractivity contribution >= 4 is 21.7 Å². The molecule has 0 saturated heterocycles. The van der Waals surface area contributed by atoms with Crippen LogP contribution in [0.5, 0.6) is 0 Å². The van der Waals surface area contributed by atoms with E-state index in [1.165, 1.54) is 12.3 Å². The molecule has 1 amide bonds. The van der Waals surface area contributed by atoms with Gasteiger partial charge in [0.2, 0.25) is 15.9 Å². The van der Waals surface area contributed by atoms with E-state index in [1.54, 1.807) is 24.3 Å². The first-order valence-corrected chi connectivity index (χ1v) is 8.64. The average Bonchev–Trinajstić information content (AvgIpc) is 3.00. The number of sulfonamides is 1. The van der Waals surface area contributed by atoms with Crippen LogP contribution >= 0.6 is 0 Å². The number of nitrogens with one attached hydrogen (secondary N) is 1. The number of hydrogen-bond donors (Lipinski definition) is 1. The molecule has 0 aliphatic heterocycles. The van der Waals surface area contributed by atoms with E-state index in [0.29, 0.717) is 6.42 Å². The third-order valence-corrected chi connectivity index (χ3v) is 5.02. The fourth-order valence-corrected chi connectivity index (χ4v) is 3.50. The fraction of sp³-hybridized carbons (Fsp3) is 0.333. The normalized spacial score (nSPS) is 11.6. The van der Waals surface area contributed by atoms with Gasteiger partial charge in [0.05, 0.1) is 11.4 Å². The first-order valence-electron chi connectivity index (χ1n) is 7.20. The van der Waals surface area contributed by atoms with E-state index in [-0.39, 0.29) is 23.8 Å². The first-order chi connectivity index (χ1) is 10.9. The molecule has 0 saturated carbocycles. The molecule has 124 valence electrons. The van der Waals surface area contributed by atoms with Gasteiger partial charge in [0.25, 0.3) is 0 Å². The van der Waals surface area contributed by atoms with Crippen LogP contribution in [0.2, 0.25) is 0 Å². The molecule has 0 aliphatic rings. The molecule has 0 bridgehead atoms. The lowest BCUT2D eigenvalue weighted by Gasteiger charge is -2.21. The van der Waals surface area contributed by atoms with Crippen LogP contribution in [0.4, 0.5) is 5.82 Å². The first kappa shape index (κ1) is 17.2. The number of hydrogen-bond acceptors (Lipinski definition) is 5. The molecule has 0 spiro atoms. The molecular formula is C15H19N3O4S. The maximum absolute atomic E-state index is 12.7. The van der Waals surface area contributed by atoms with Crippen molar-refractivity contribution in [3.63, 3.8) is 0 Å². The Morgan fingerprint density at radius 2 is 1.96 bits per heavy atom. The summed E-state index contributed by atoms with van der Waals surface area (Å²) in [5.74, 6) is -0.220. The van der Waals surface area contributed by atoms with Gasteiger partial charge in [-0.1, -0.05) is 29.8 Å². The number of carbonyl (C=O) groups is 1. The van der Waals surface area contributed by atoms with Crippen LogP contribution in [0.15, 0.2) is 46.0 Å². The summed E-state index contributed by atoms with van der Waals surface area (Å²) in [6.45, 7) is 3.71. The Hall–Kier alpha value is -2.19. The zero-order valence-electron chi connectivity index (χ0n) is 13.0. The Balaban J connectivity index is 2.16. The van der Waals surface area contributed by atoms with E-state index in [0.717, 1.165) is 9.87 Å². The lowest BCUT2D eigenvalue weighted by atomic mass is 10.2. The van der Waals surface area contributed by atoms with E-state index in [2.05, 4.69) is 15.0 Å². The molecule has 8 heteroatoms. The summed E-state index contributed by atoms with van der Waals surface area (Å²) >= 11 is 0. The maximum Gasteiger partial charge on any atom is 0.243 e.